The number of hydrogen-bond acceptors (Lipinski definition) is 3. The molecular weight excluding hydrogens is 238 g/mol. The van der Waals surface area contributed by atoms with Gasteiger partial charge in [-0.05, 0) is 24.3 Å². The van der Waals surface area contributed by atoms with Crippen LogP contribution in [0.4, 0.5) is 0 Å². The van der Waals surface area contributed by atoms with Crippen molar-refractivity contribution < 1.29 is 13.2 Å². The molecule has 0 radical (unpaired) electrons. The zero-order chi connectivity index (χ0) is 12.9. The normalized spacial score (nSPS) is 10.6. The lowest BCUT2D eigenvalue weighted by Gasteiger charge is -2.04. The first-order chi connectivity index (χ1) is 7.95. The van der Waals surface area contributed by atoms with E-state index in [0.29, 0.717) is 18.5 Å². The monoisotopic (exact) mass is 251 g/mol. The van der Waals surface area contributed by atoms with Gasteiger partial charge in [-0.1, -0.05) is 0 Å². The third kappa shape index (κ3) is 3.93. The number of sulfone groups is 1. The summed E-state index contributed by atoms with van der Waals surface area (Å²) in [6, 6.07) is 5.76. The van der Waals surface area contributed by atoms with Crippen molar-refractivity contribution >= 4 is 15.7 Å². The largest absolute Gasteiger partial charge is 0.351 e. The number of terminal acetylenes is 1. The molecular formula is C12H13NO3S. The van der Waals surface area contributed by atoms with Gasteiger partial charge in [-0.3, -0.25) is 4.79 Å². The standard InChI is InChI=1S/C12H13NO3S/c1-3-4-9-13-12(14)10-5-7-11(8-6-10)17(2,15)16/h1,5-8H,4,9H2,2H3,(H,13,14). The zero-order valence-electron chi connectivity index (χ0n) is 9.43. The van der Waals surface area contributed by atoms with Gasteiger partial charge in [0.1, 0.15) is 0 Å². The van der Waals surface area contributed by atoms with Crippen molar-refractivity contribution in [1.29, 1.82) is 0 Å². The van der Waals surface area contributed by atoms with E-state index in [-0.39, 0.29) is 10.8 Å². The molecule has 5 heteroatoms. The summed E-state index contributed by atoms with van der Waals surface area (Å²) >= 11 is 0. The highest BCUT2D eigenvalue weighted by atomic mass is 32.2. The van der Waals surface area contributed by atoms with Gasteiger partial charge in [0, 0.05) is 24.8 Å². The van der Waals surface area contributed by atoms with Gasteiger partial charge < -0.3 is 5.32 Å². The lowest BCUT2D eigenvalue weighted by Crippen LogP contribution is -2.24. The molecule has 0 aliphatic carbocycles. The van der Waals surface area contributed by atoms with Gasteiger partial charge in [0.25, 0.3) is 5.91 Å². The van der Waals surface area contributed by atoms with E-state index in [2.05, 4.69) is 11.2 Å². The van der Waals surface area contributed by atoms with Crippen LogP contribution in [0.25, 0.3) is 0 Å². The Morgan fingerprint density at radius 1 is 1.35 bits per heavy atom. The maximum absolute atomic E-state index is 11.6. The van der Waals surface area contributed by atoms with Gasteiger partial charge in [-0.2, -0.15) is 0 Å². The van der Waals surface area contributed by atoms with Crippen molar-refractivity contribution in [2.45, 2.75) is 11.3 Å². The van der Waals surface area contributed by atoms with E-state index in [1.807, 2.05) is 0 Å². The Balaban J connectivity index is 2.75. The summed E-state index contributed by atoms with van der Waals surface area (Å²) in [6.07, 6.45) is 6.64. The summed E-state index contributed by atoms with van der Waals surface area (Å²) in [5.41, 5.74) is 0.412. The first-order valence-corrected chi connectivity index (χ1v) is 6.86. The molecule has 0 aliphatic rings. The van der Waals surface area contributed by atoms with Gasteiger partial charge >= 0.3 is 0 Å². The fourth-order valence-electron chi connectivity index (χ4n) is 1.20. The third-order valence-electron chi connectivity index (χ3n) is 2.10. The number of hydrogen-bond donors (Lipinski definition) is 1. The summed E-state index contributed by atoms with van der Waals surface area (Å²) in [5, 5.41) is 2.63. The summed E-state index contributed by atoms with van der Waals surface area (Å²) in [6.45, 7) is 0.406. The van der Waals surface area contributed by atoms with Crippen LogP contribution in [0.2, 0.25) is 0 Å². The van der Waals surface area contributed by atoms with Gasteiger partial charge in [-0.25, -0.2) is 8.42 Å². The lowest BCUT2D eigenvalue weighted by molar-refractivity contribution is 0.0954. The highest BCUT2D eigenvalue weighted by Gasteiger charge is 2.09. The molecule has 0 aromatic heterocycles. The molecule has 4 nitrogen and oxygen atoms in total. The van der Waals surface area contributed by atoms with Crippen molar-refractivity contribution in [2.75, 3.05) is 12.8 Å². The van der Waals surface area contributed by atoms with E-state index in [1.165, 1.54) is 24.3 Å². The van der Waals surface area contributed by atoms with Crippen molar-refractivity contribution in [3.63, 3.8) is 0 Å². The predicted octanol–water partition coefficient (Wildman–Crippen LogP) is 0.843. The molecule has 0 fully saturated rings. The van der Waals surface area contributed by atoms with Gasteiger partial charge in [0.2, 0.25) is 0 Å². The first-order valence-electron chi connectivity index (χ1n) is 4.97. The van der Waals surface area contributed by atoms with Crippen molar-refractivity contribution in [1.82, 2.24) is 5.32 Å². The molecule has 1 aromatic rings. The van der Waals surface area contributed by atoms with Crippen LogP contribution >= 0.6 is 0 Å². The van der Waals surface area contributed by atoms with E-state index in [1.54, 1.807) is 0 Å². The van der Waals surface area contributed by atoms with Crippen LogP contribution < -0.4 is 5.32 Å². The molecule has 0 spiro atoms. The van der Waals surface area contributed by atoms with Crippen molar-refractivity contribution in [3.8, 4) is 12.3 Å². The molecule has 0 unspecified atom stereocenters. The average Bonchev–Trinajstić information content (AvgIpc) is 2.28. The Hall–Kier alpha value is -1.80. The van der Waals surface area contributed by atoms with Crippen LogP contribution in [0.15, 0.2) is 29.2 Å². The van der Waals surface area contributed by atoms with Gasteiger partial charge in [0.05, 0.1) is 4.90 Å². The molecule has 1 aromatic carbocycles. The summed E-state index contributed by atoms with van der Waals surface area (Å²) < 4.78 is 22.4. The van der Waals surface area contributed by atoms with Gasteiger partial charge in [0.15, 0.2) is 9.84 Å². The fourth-order valence-corrected chi connectivity index (χ4v) is 1.83. The Morgan fingerprint density at radius 2 is 1.94 bits per heavy atom. The highest BCUT2D eigenvalue weighted by molar-refractivity contribution is 7.90. The molecule has 0 saturated heterocycles. The van der Waals surface area contributed by atoms with E-state index < -0.39 is 9.84 Å². The molecule has 0 heterocycles. The fraction of sp³-hybridized carbons (Fsp3) is 0.250. The SMILES string of the molecule is C#CCCNC(=O)c1ccc(S(C)(=O)=O)cc1. The molecule has 17 heavy (non-hydrogen) atoms. The second kappa shape index (κ2) is 5.51. The minimum absolute atomic E-state index is 0.192. The summed E-state index contributed by atoms with van der Waals surface area (Å²) in [5.74, 6) is 2.15. The Bertz CT molecular complexity index is 538. The average molecular weight is 251 g/mol. The Kier molecular flexibility index (Phi) is 4.30. The zero-order valence-corrected chi connectivity index (χ0v) is 10.3. The van der Waals surface area contributed by atoms with E-state index in [4.69, 9.17) is 6.42 Å². The minimum Gasteiger partial charge on any atom is -0.351 e. The number of benzene rings is 1. The lowest BCUT2D eigenvalue weighted by atomic mass is 10.2. The Morgan fingerprint density at radius 3 is 2.41 bits per heavy atom. The molecule has 0 atom stereocenters. The minimum atomic E-state index is -3.22. The summed E-state index contributed by atoms with van der Waals surface area (Å²) in [4.78, 5) is 11.7. The van der Waals surface area contributed by atoms with E-state index in [9.17, 15) is 13.2 Å². The quantitative estimate of drug-likeness (QED) is 0.637. The van der Waals surface area contributed by atoms with Crippen LogP contribution in [0.5, 0.6) is 0 Å². The van der Waals surface area contributed by atoms with Crippen LogP contribution in [0, 0.1) is 12.3 Å². The second-order valence-electron chi connectivity index (χ2n) is 3.51. The van der Waals surface area contributed by atoms with Crippen LogP contribution in [0.1, 0.15) is 16.8 Å². The second-order valence-corrected chi connectivity index (χ2v) is 5.52. The van der Waals surface area contributed by atoms with E-state index in [0.717, 1.165) is 6.26 Å². The molecule has 0 aliphatic heterocycles. The molecule has 1 rings (SSSR count). The number of carbonyl (C=O) groups is 1. The number of carbonyl (C=O) groups excluding carboxylic acids is 1. The molecule has 0 bridgehead atoms. The van der Waals surface area contributed by atoms with Crippen LogP contribution in [-0.2, 0) is 9.84 Å². The first kappa shape index (κ1) is 13.3. The van der Waals surface area contributed by atoms with Gasteiger partial charge in [-0.15, -0.1) is 12.3 Å². The molecule has 1 amide bonds. The predicted molar refractivity (Wildman–Crippen MR) is 65.3 cm³/mol. The molecule has 90 valence electrons. The summed E-state index contributed by atoms with van der Waals surface area (Å²) in [7, 11) is -3.22. The smallest absolute Gasteiger partial charge is 0.251 e. The molecule has 0 saturated carbocycles. The Labute approximate surface area is 101 Å². The maximum atomic E-state index is 11.6. The van der Waals surface area contributed by atoms with Crippen molar-refractivity contribution in [2.24, 2.45) is 0 Å². The topological polar surface area (TPSA) is 63.2 Å². The number of rotatable bonds is 4. The molecule has 1 N–H and O–H groups in total. The third-order valence-corrected chi connectivity index (χ3v) is 3.23. The number of amides is 1. The van der Waals surface area contributed by atoms with E-state index >= 15 is 0 Å². The van der Waals surface area contributed by atoms with Crippen molar-refractivity contribution in [3.05, 3.63) is 29.8 Å². The highest BCUT2D eigenvalue weighted by Crippen LogP contribution is 2.10. The van der Waals surface area contributed by atoms with Crippen LogP contribution in [-0.4, -0.2) is 27.1 Å². The maximum Gasteiger partial charge on any atom is 0.251 e. The van der Waals surface area contributed by atoms with Crippen LogP contribution in [0.3, 0.4) is 0 Å². The number of nitrogens with one attached hydrogen (secondary N) is 1.